The summed E-state index contributed by atoms with van der Waals surface area (Å²) in [5, 5.41) is 11.2. The molecule has 4 heteroatoms. The van der Waals surface area contributed by atoms with Crippen LogP contribution in [0.25, 0.3) is 10.8 Å². The first kappa shape index (κ1) is 12.5. The lowest BCUT2D eigenvalue weighted by Crippen LogP contribution is -2.04. The van der Waals surface area contributed by atoms with E-state index in [2.05, 4.69) is 6.58 Å². The van der Waals surface area contributed by atoms with Gasteiger partial charge in [-0.05, 0) is 13.0 Å². The highest BCUT2D eigenvalue weighted by Gasteiger charge is 2.14. The molecule has 0 aliphatic carbocycles. The van der Waals surface area contributed by atoms with E-state index < -0.39 is 5.97 Å². The van der Waals surface area contributed by atoms with E-state index in [4.69, 9.17) is 16.3 Å². The van der Waals surface area contributed by atoms with Crippen LogP contribution < -0.4 is 4.74 Å². The third kappa shape index (κ3) is 2.17. The summed E-state index contributed by atoms with van der Waals surface area (Å²) in [6.07, 6.45) is 1.06. The molecule has 3 nitrogen and oxygen atoms in total. The van der Waals surface area contributed by atoms with Crippen LogP contribution in [0.3, 0.4) is 0 Å². The van der Waals surface area contributed by atoms with Crippen LogP contribution in [-0.4, -0.2) is 11.1 Å². The molecule has 2 aromatic rings. The molecule has 0 aliphatic rings. The van der Waals surface area contributed by atoms with Crippen molar-refractivity contribution in [3.63, 3.8) is 0 Å². The van der Waals surface area contributed by atoms with Gasteiger partial charge in [-0.15, -0.1) is 0 Å². The van der Waals surface area contributed by atoms with Crippen LogP contribution in [0.1, 0.15) is 5.56 Å². The molecule has 0 radical (unpaired) electrons. The molecule has 0 aliphatic heterocycles. The zero-order valence-electron chi connectivity index (χ0n) is 9.74. The Hall–Kier alpha value is -2.00. The summed E-state index contributed by atoms with van der Waals surface area (Å²) < 4.78 is 5.10. The molecule has 0 fully saturated rings. The Morgan fingerprint density at radius 1 is 1.39 bits per heavy atom. The van der Waals surface area contributed by atoms with Gasteiger partial charge in [-0.3, -0.25) is 0 Å². The molecule has 2 aromatic carbocycles. The lowest BCUT2D eigenvalue weighted by atomic mass is 10.1. The number of carbonyl (C=O) groups excluding carboxylic acids is 1. The second-order valence-electron chi connectivity index (χ2n) is 3.88. The van der Waals surface area contributed by atoms with Gasteiger partial charge in [0.05, 0.1) is 5.02 Å². The van der Waals surface area contributed by atoms with Gasteiger partial charge in [0.2, 0.25) is 0 Å². The van der Waals surface area contributed by atoms with E-state index in [1.807, 2.05) is 13.0 Å². The smallest absolute Gasteiger partial charge is 0.335 e. The zero-order chi connectivity index (χ0) is 13.3. The Balaban J connectivity index is 2.71. The molecule has 0 spiro atoms. The SMILES string of the molecule is C=CC(=O)Oc1c(Cl)cc(O)c2cc(C)ccc12. The van der Waals surface area contributed by atoms with E-state index in [1.54, 1.807) is 12.1 Å². The van der Waals surface area contributed by atoms with Gasteiger partial charge in [-0.25, -0.2) is 4.79 Å². The van der Waals surface area contributed by atoms with Gasteiger partial charge in [-0.2, -0.15) is 0 Å². The van der Waals surface area contributed by atoms with E-state index in [0.29, 0.717) is 10.8 Å². The minimum Gasteiger partial charge on any atom is -0.507 e. The molecular weight excluding hydrogens is 252 g/mol. The van der Waals surface area contributed by atoms with E-state index in [1.165, 1.54) is 6.07 Å². The highest BCUT2D eigenvalue weighted by atomic mass is 35.5. The largest absolute Gasteiger partial charge is 0.507 e. The van der Waals surface area contributed by atoms with Crippen molar-refractivity contribution >= 4 is 28.3 Å². The first-order valence-corrected chi connectivity index (χ1v) is 5.67. The van der Waals surface area contributed by atoms with Crippen LogP contribution >= 0.6 is 11.6 Å². The Labute approximate surface area is 109 Å². The minimum atomic E-state index is -0.593. The lowest BCUT2D eigenvalue weighted by molar-refractivity contribution is -0.128. The third-order valence-corrected chi connectivity index (χ3v) is 2.83. The maximum absolute atomic E-state index is 11.3. The number of benzene rings is 2. The van der Waals surface area contributed by atoms with Crippen molar-refractivity contribution in [1.29, 1.82) is 0 Å². The van der Waals surface area contributed by atoms with Crippen molar-refractivity contribution < 1.29 is 14.6 Å². The van der Waals surface area contributed by atoms with E-state index >= 15 is 0 Å². The van der Waals surface area contributed by atoms with Crippen molar-refractivity contribution in [3.05, 3.63) is 47.5 Å². The van der Waals surface area contributed by atoms with Gasteiger partial charge < -0.3 is 9.84 Å². The van der Waals surface area contributed by atoms with Crippen LogP contribution in [0.15, 0.2) is 36.9 Å². The van der Waals surface area contributed by atoms with Crippen molar-refractivity contribution in [2.45, 2.75) is 6.92 Å². The minimum absolute atomic E-state index is 0.0529. The van der Waals surface area contributed by atoms with E-state index in [-0.39, 0.29) is 16.5 Å². The Kier molecular flexibility index (Phi) is 3.26. The van der Waals surface area contributed by atoms with Crippen LogP contribution in [0.5, 0.6) is 11.5 Å². The van der Waals surface area contributed by atoms with Gasteiger partial charge in [0, 0.05) is 22.9 Å². The van der Waals surface area contributed by atoms with Crippen LogP contribution in [0.2, 0.25) is 5.02 Å². The molecule has 0 heterocycles. The summed E-state index contributed by atoms with van der Waals surface area (Å²) in [6.45, 7) is 5.24. The number of carbonyl (C=O) groups is 1. The Bertz CT molecular complexity index is 647. The molecular formula is C14H11ClO3. The fourth-order valence-corrected chi connectivity index (χ4v) is 1.95. The van der Waals surface area contributed by atoms with Crippen molar-refractivity contribution in [3.8, 4) is 11.5 Å². The van der Waals surface area contributed by atoms with E-state index in [0.717, 1.165) is 11.6 Å². The van der Waals surface area contributed by atoms with Gasteiger partial charge in [0.15, 0.2) is 5.75 Å². The topological polar surface area (TPSA) is 46.5 Å². The second kappa shape index (κ2) is 4.70. The zero-order valence-corrected chi connectivity index (χ0v) is 10.5. The maximum atomic E-state index is 11.3. The molecule has 0 saturated heterocycles. The fourth-order valence-electron chi connectivity index (χ4n) is 1.71. The summed E-state index contributed by atoms with van der Waals surface area (Å²) in [5.41, 5.74) is 0.987. The van der Waals surface area contributed by atoms with E-state index in [9.17, 15) is 9.90 Å². The van der Waals surface area contributed by atoms with Crippen molar-refractivity contribution in [1.82, 2.24) is 0 Å². The molecule has 0 aromatic heterocycles. The number of rotatable bonds is 2. The molecule has 18 heavy (non-hydrogen) atoms. The predicted molar refractivity (Wildman–Crippen MR) is 71.2 cm³/mol. The average Bonchev–Trinajstić information content (AvgIpc) is 2.34. The lowest BCUT2D eigenvalue weighted by Gasteiger charge is -2.10. The van der Waals surface area contributed by atoms with Gasteiger partial charge in [-0.1, -0.05) is 35.9 Å². The number of fused-ring (bicyclic) bond motifs is 1. The summed E-state index contributed by atoms with van der Waals surface area (Å²) in [5.74, 6) is -0.309. The molecule has 0 unspecified atom stereocenters. The summed E-state index contributed by atoms with van der Waals surface area (Å²) in [4.78, 5) is 11.3. The van der Waals surface area contributed by atoms with Gasteiger partial charge in [0.25, 0.3) is 0 Å². The number of esters is 1. The maximum Gasteiger partial charge on any atom is 0.335 e. The number of phenols is 1. The summed E-state index contributed by atoms with van der Waals surface area (Å²) >= 11 is 5.98. The number of ether oxygens (including phenoxy) is 1. The standard InChI is InChI=1S/C14H11ClO3/c1-3-13(17)18-14-9-5-4-8(2)6-10(9)12(16)7-11(14)15/h3-7,16H,1H2,2H3. The Morgan fingerprint density at radius 2 is 2.11 bits per heavy atom. The van der Waals surface area contributed by atoms with Gasteiger partial charge >= 0.3 is 5.97 Å². The van der Waals surface area contributed by atoms with Crippen LogP contribution in [-0.2, 0) is 4.79 Å². The molecule has 0 amide bonds. The number of halogens is 1. The summed E-state index contributed by atoms with van der Waals surface area (Å²) in [6, 6.07) is 6.76. The van der Waals surface area contributed by atoms with Crippen LogP contribution in [0.4, 0.5) is 0 Å². The highest BCUT2D eigenvalue weighted by Crippen LogP contribution is 2.39. The predicted octanol–water partition coefficient (Wildman–Crippen LogP) is 3.60. The van der Waals surface area contributed by atoms with Crippen molar-refractivity contribution in [2.24, 2.45) is 0 Å². The number of aryl methyl sites for hydroxylation is 1. The number of aromatic hydroxyl groups is 1. The number of hydrogen-bond donors (Lipinski definition) is 1. The molecule has 1 N–H and O–H groups in total. The normalized spacial score (nSPS) is 10.3. The van der Waals surface area contributed by atoms with Crippen LogP contribution in [0, 0.1) is 6.92 Å². The molecule has 92 valence electrons. The number of hydrogen-bond acceptors (Lipinski definition) is 3. The first-order chi connectivity index (χ1) is 8.52. The second-order valence-corrected chi connectivity index (χ2v) is 4.29. The first-order valence-electron chi connectivity index (χ1n) is 5.29. The van der Waals surface area contributed by atoms with Gasteiger partial charge in [0.1, 0.15) is 5.75 Å². The Morgan fingerprint density at radius 3 is 2.78 bits per heavy atom. The number of phenolic OH excluding ortho intramolecular Hbond substituents is 1. The third-order valence-electron chi connectivity index (χ3n) is 2.55. The quantitative estimate of drug-likeness (QED) is 0.511. The van der Waals surface area contributed by atoms with Crippen molar-refractivity contribution in [2.75, 3.05) is 0 Å². The molecule has 0 atom stereocenters. The highest BCUT2D eigenvalue weighted by molar-refractivity contribution is 6.33. The average molecular weight is 263 g/mol. The summed E-state index contributed by atoms with van der Waals surface area (Å²) in [7, 11) is 0. The fraction of sp³-hybridized carbons (Fsp3) is 0.0714. The molecule has 0 saturated carbocycles. The monoisotopic (exact) mass is 262 g/mol. The molecule has 0 bridgehead atoms. The molecule has 2 rings (SSSR count).